The second-order valence-electron chi connectivity index (χ2n) is 3.22. The van der Waals surface area contributed by atoms with Gasteiger partial charge in [-0.2, -0.15) is 0 Å². The molecule has 0 unspecified atom stereocenters. The van der Waals surface area contributed by atoms with E-state index in [9.17, 15) is 0 Å². The molecule has 0 saturated carbocycles. The maximum atomic E-state index is 5.68. The smallest absolute Gasteiger partial charge is 0.229 e. The lowest BCUT2D eigenvalue weighted by molar-refractivity contribution is -0.307. The molecule has 0 aromatic rings. The molecule has 0 fully saturated rings. The normalized spacial score (nSPS) is 12.5. The molecule has 0 aromatic carbocycles. The summed E-state index contributed by atoms with van der Waals surface area (Å²) >= 11 is 0. The third-order valence-electron chi connectivity index (χ3n) is 1.99. The second kappa shape index (κ2) is 6.35. The Morgan fingerprint density at radius 3 is 1.69 bits per heavy atom. The van der Waals surface area contributed by atoms with Crippen molar-refractivity contribution in [3.05, 3.63) is 0 Å². The summed E-state index contributed by atoms with van der Waals surface area (Å²) in [6, 6.07) is 0. The first-order valence-corrected chi connectivity index (χ1v) is 5.08. The van der Waals surface area contributed by atoms with Crippen molar-refractivity contribution in [3.63, 3.8) is 0 Å². The van der Waals surface area contributed by atoms with Gasteiger partial charge in [-0.1, -0.05) is 6.92 Å². The SMILES string of the molecule is CCCC(OCC)(OCC)N(C)C. The molecule has 13 heavy (non-hydrogen) atoms. The molecule has 3 heteroatoms. The predicted octanol–water partition coefficient (Wildman–Crippen LogP) is 2.07. The summed E-state index contributed by atoms with van der Waals surface area (Å²) < 4.78 is 11.4. The van der Waals surface area contributed by atoms with Crippen molar-refractivity contribution < 1.29 is 9.47 Å². The van der Waals surface area contributed by atoms with Crippen LogP contribution in [0.5, 0.6) is 0 Å². The van der Waals surface area contributed by atoms with Crippen LogP contribution in [0.3, 0.4) is 0 Å². The van der Waals surface area contributed by atoms with Gasteiger partial charge < -0.3 is 9.47 Å². The van der Waals surface area contributed by atoms with Gasteiger partial charge in [0.2, 0.25) is 5.91 Å². The Hall–Kier alpha value is -0.120. The molecular weight excluding hydrogens is 166 g/mol. The van der Waals surface area contributed by atoms with Crippen LogP contribution in [0.1, 0.15) is 33.6 Å². The molecule has 0 bridgehead atoms. The van der Waals surface area contributed by atoms with Crippen LogP contribution in [0, 0.1) is 0 Å². The summed E-state index contributed by atoms with van der Waals surface area (Å²) in [5.41, 5.74) is 0. The Labute approximate surface area is 82.0 Å². The molecule has 0 aliphatic rings. The van der Waals surface area contributed by atoms with Crippen LogP contribution in [0.2, 0.25) is 0 Å². The van der Waals surface area contributed by atoms with Crippen LogP contribution < -0.4 is 0 Å². The fourth-order valence-electron chi connectivity index (χ4n) is 1.43. The van der Waals surface area contributed by atoms with Crippen molar-refractivity contribution in [2.75, 3.05) is 27.3 Å². The van der Waals surface area contributed by atoms with Crippen molar-refractivity contribution in [1.29, 1.82) is 0 Å². The Kier molecular flexibility index (Phi) is 6.29. The van der Waals surface area contributed by atoms with Gasteiger partial charge in [0.05, 0.1) is 0 Å². The Morgan fingerprint density at radius 2 is 1.46 bits per heavy atom. The zero-order valence-electron chi connectivity index (χ0n) is 9.59. The first-order chi connectivity index (χ1) is 6.13. The molecule has 0 spiro atoms. The largest absolute Gasteiger partial charge is 0.338 e. The van der Waals surface area contributed by atoms with E-state index in [2.05, 4.69) is 6.92 Å². The standard InChI is InChI=1S/C10H23NO2/c1-6-9-10(11(4)5,12-7-2)13-8-3/h6-9H2,1-5H3. The van der Waals surface area contributed by atoms with Crippen LogP contribution in [0.4, 0.5) is 0 Å². The van der Waals surface area contributed by atoms with Gasteiger partial charge in [0.1, 0.15) is 0 Å². The zero-order chi connectivity index (χ0) is 10.3. The first-order valence-electron chi connectivity index (χ1n) is 5.08. The van der Waals surface area contributed by atoms with Crippen molar-refractivity contribution in [2.45, 2.75) is 39.5 Å². The van der Waals surface area contributed by atoms with Gasteiger partial charge in [0.15, 0.2) is 0 Å². The van der Waals surface area contributed by atoms with Gasteiger partial charge in [-0.25, -0.2) is 0 Å². The Balaban J connectivity index is 4.38. The molecule has 0 amide bonds. The Morgan fingerprint density at radius 1 is 1.00 bits per heavy atom. The molecule has 3 nitrogen and oxygen atoms in total. The average Bonchev–Trinajstić information content (AvgIpc) is 2.05. The summed E-state index contributed by atoms with van der Waals surface area (Å²) in [4.78, 5) is 2.00. The van der Waals surface area contributed by atoms with Crippen molar-refractivity contribution in [3.8, 4) is 0 Å². The van der Waals surface area contributed by atoms with E-state index >= 15 is 0 Å². The third kappa shape index (κ3) is 3.63. The van der Waals surface area contributed by atoms with Crippen LogP contribution in [-0.2, 0) is 9.47 Å². The summed E-state index contributed by atoms with van der Waals surface area (Å²) in [7, 11) is 3.97. The van der Waals surface area contributed by atoms with E-state index in [-0.39, 0.29) is 0 Å². The van der Waals surface area contributed by atoms with E-state index in [1.807, 2.05) is 32.8 Å². The van der Waals surface area contributed by atoms with Gasteiger partial charge in [-0.15, -0.1) is 0 Å². The number of hydrogen-bond donors (Lipinski definition) is 0. The minimum Gasteiger partial charge on any atom is -0.338 e. The molecule has 0 aromatic heterocycles. The summed E-state index contributed by atoms with van der Waals surface area (Å²) in [5.74, 6) is -0.516. The van der Waals surface area contributed by atoms with Crippen LogP contribution in [-0.4, -0.2) is 38.1 Å². The van der Waals surface area contributed by atoms with Gasteiger partial charge in [-0.3, -0.25) is 4.90 Å². The highest BCUT2D eigenvalue weighted by atomic mass is 16.7. The van der Waals surface area contributed by atoms with Crippen LogP contribution in [0.25, 0.3) is 0 Å². The van der Waals surface area contributed by atoms with E-state index in [0.717, 1.165) is 12.8 Å². The average molecular weight is 189 g/mol. The lowest BCUT2D eigenvalue weighted by atomic mass is 10.2. The molecule has 0 aliphatic heterocycles. The predicted molar refractivity (Wildman–Crippen MR) is 54.6 cm³/mol. The van der Waals surface area contributed by atoms with E-state index in [1.165, 1.54) is 0 Å². The topological polar surface area (TPSA) is 21.7 Å². The van der Waals surface area contributed by atoms with E-state index < -0.39 is 5.91 Å². The number of hydrogen-bond acceptors (Lipinski definition) is 3. The van der Waals surface area contributed by atoms with Crippen molar-refractivity contribution >= 4 is 0 Å². The highest BCUT2D eigenvalue weighted by Gasteiger charge is 2.32. The van der Waals surface area contributed by atoms with E-state index in [0.29, 0.717) is 13.2 Å². The summed E-state index contributed by atoms with van der Waals surface area (Å²) in [6.07, 6.45) is 1.96. The summed E-state index contributed by atoms with van der Waals surface area (Å²) in [6.45, 7) is 7.48. The summed E-state index contributed by atoms with van der Waals surface area (Å²) in [5, 5.41) is 0. The third-order valence-corrected chi connectivity index (χ3v) is 1.99. The minimum atomic E-state index is -0.516. The molecule has 0 atom stereocenters. The maximum Gasteiger partial charge on any atom is 0.229 e. The van der Waals surface area contributed by atoms with Crippen LogP contribution >= 0.6 is 0 Å². The lowest BCUT2D eigenvalue weighted by Crippen LogP contribution is -2.49. The fraction of sp³-hybridized carbons (Fsp3) is 1.00. The second-order valence-corrected chi connectivity index (χ2v) is 3.22. The first kappa shape index (κ1) is 12.9. The molecule has 0 rings (SSSR count). The molecule has 0 heterocycles. The zero-order valence-corrected chi connectivity index (χ0v) is 9.59. The van der Waals surface area contributed by atoms with Crippen LogP contribution in [0.15, 0.2) is 0 Å². The molecule has 0 radical (unpaired) electrons. The fourth-order valence-corrected chi connectivity index (χ4v) is 1.43. The number of rotatable bonds is 7. The molecule has 0 N–H and O–H groups in total. The molecule has 80 valence electrons. The molecular formula is C10H23NO2. The quantitative estimate of drug-likeness (QED) is 0.572. The van der Waals surface area contributed by atoms with Gasteiger partial charge in [0, 0.05) is 19.6 Å². The van der Waals surface area contributed by atoms with Crippen molar-refractivity contribution in [1.82, 2.24) is 4.90 Å². The van der Waals surface area contributed by atoms with Gasteiger partial charge in [0.25, 0.3) is 0 Å². The molecule has 0 aliphatic carbocycles. The molecule has 0 saturated heterocycles. The van der Waals surface area contributed by atoms with E-state index in [4.69, 9.17) is 9.47 Å². The maximum absolute atomic E-state index is 5.68. The lowest BCUT2D eigenvalue weighted by Gasteiger charge is -2.38. The van der Waals surface area contributed by atoms with Gasteiger partial charge in [-0.05, 0) is 34.4 Å². The van der Waals surface area contributed by atoms with Gasteiger partial charge >= 0.3 is 0 Å². The monoisotopic (exact) mass is 189 g/mol. The number of nitrogens with zero attached hydrogens (tertiary/aromatic N) is 1. The van der Waals surface area contributed by atoms with Crippen molar-refractivity contribution in [2.24, 2.45) is 0 Å². The minimum absolute atomic E-state index is 0.516. The highest BCUT2D eigenvalue weighted by molar-refractivity contribution is 4.65. The Bertz CT molecular complexity index is 109. The number of ether oxygens (including phenoxy) is 2. The highest BCUT2D eigenvalue weighted by Crippen LogP contribution is 2.22. The van der Waals surface area contributed by atoms with E-state index in [1.54, 1.807) is 0 Å².